The predicted octanol–water partition coefficient (Wildman–Crippen LogP) is 7.56. The SMILES string of the molecule is COc1ccc(-c2[nH]c3cc(C(F)(F)F)c(C(F)(F)F)cc3c2-c2ccc(OC)cc2)cc1. The summed E-state index contributed by atoms with van der Waals surface area (Å²) in [5.41, 5.74) is -1.74. The van der Waals surface area contributed by atoms with E-state index in [2.05, 4.69) is 4.98 Å². The topological polar surface area (TPSA) is 34.2 Å². The Balaban J connectivity index is 2.06. The first-order chi connectivity index (χ1) is 15.5. The maximum absolute atomic E-state index is 13.6. The van der Waals surface area contributed by atoms with Gasteiger partial charge >= 0.3 is 12.4 Å². The van der Waals surface area contributed by atoms with Gasteiger partial charge in [-0.15, -0.1) is 0 Å². The first-order valence-corrected chi connectivity index (χ1v) is 9.66. The van der Waals surface area contributed by atoms with Gasteiger partial charge in [-0.3, -0.25) is 0 Å². The zero-order valence-electron chi connectivity index (χ0n) is 17.4. The number of fused-ring (bicyclic) bond motifs is 1. The van der Waals surface area contributed by atoms with E-state index >= 15 is 0 Å². The molecule has 1 N–H and O–H groups in total. The number of H-pyrrole nitrogens is 1. The summed E-state index contributed by atoms with van der Waals surface area (Å²) in [4.78, 5) is 2.90. The molecule has 0 fully saturated rings. The molecule has 0 radical (unpaired) electrons. The van der Waals surface area contributed by atoms with Gasteiger partial charge in [0.25, 0.3) is 0 Å². The second-order valence-corrected chi connectivity index (χ2v) is 7.27. The molecular formula is C24H17F6NO2. The molecule has 3 aromatic carbocycles. The molecular weight excluding hydrogens is 448 g/mol. The molecule has 0 spiro atoms. The van der Waals surface area contributed by atoms with Crippen molar-refractivity contribution in [2.75, 3.05) is 14.2 Å². The van der Waals surface area contributed by atoms with Crippen molar-refractivity contribution >= 4 is 10.9 Å². The van der Waals surface area contributed by atoms with E-state index in [4.69, 9.17) is 9.47 Å². The van der Waals surface area contributed by atoms with Crippen molar-refractivity contribution in [3.63, 3.8) is 0 Å². The van der Waals surface area contributed by atoms with Gasteiger partial charge in [-0.05, 0) is 59.7 Å². The van der Waals surface area contributed by atoms with Crippen LogP contribution in [0.2, 0.25) is 0 Å². The fraction of sp³-hybridized carbons (Fsp3) is 0.167. The third-order valence-electron chi connectivity index (χ3n) is 5.30. The lowest BCUT2D eigenvalue weighted by atomic mass is 9.95. The van der Waals surface area contributed by atoms with Gasteiger partial charge in [-0.25, -0.2) is 0 Å². The van der Waals surface area contributed by atoms with E-state index in [9.17, 15) is 26.3 Å². The van der Waals surface area contributed by atoms with E-state index in [1.165, 1.54) is 14.2 Å². The predicted molar refractivity (Wildman–Crippen MR) is 112 cm³/mol. The minimum Gasteiger partial charge on any atom is -0.497 e. The third-order valence-corrected chi connectivity index (χ3v) is 5.30. The average molecular weight is 465 g/mol. The van der Waals surface area contributed by atoms with Gasteiger partial charge in [0.05, 0.1) is 31.0 Å². The Morgan fingerprint density at radius 1 is 0.636 bits per heavy atom. The summed E-state index contributed by atoms with van der Waals surface area (Å²) in [6, 6.07) is 14.2. The summed E-state index contributed by atoms with van der Waals surface area (Å²) in [5.74, 6) is 1.08. The van der Waals surface area contributed by atoms with E-state index in [1.54, 1.807) is 48.5 Å². The third kappa shape index (κ3) is 4.22. The molecule has 1 heterocycles. The van der Waals surface area contributed by atoms with Gasteiger partial charge in [-0.2, -0.15) is 26.3 Å². The van der Waals surface area contributed by atoms with Crippen molar-refractivity contribution in [3.8, 4) is 33.9 Å². The van der Waals surface area contributed by atoms with Gasteiger partial charge in [0.15, 0.2) is 0 Å². The molecule has 4 rings (SSSR count). The molecule has 0 saturated heterocycles. The van der Waals surface area contributed by atoms with Crippen LogP contribution in [0, 0.1) is 0 Å². The van der Waals surface area contributed by atoms with Crippen molar-refractivity contribution < 1.29 is 35.8 Å². The summed E-state index contributed by atoms with van der Waals surface area (Å²) in [6.45, 7) is 0. The zero-order chi connectivity index (χ0) is 24.0. The van der Waals surface area contributed by atoms with Crippen molar-refractivity contribution in [2.24, 2.45) is 0 Å². The first kappa shape index (κ1) is 22.6. The minimum absolute atomic E-state index is 0.0197. The molecule has 0 unspecified atom stereocenters. The molecule has 9 heteroatoms. The molecule has 0 aliphatic rings. The fourth-order valence-corrected chi connectivity index (χ4v) is 3.74. The maximum Gasteiger partial charge on any atom is 0.417 e. The fourth-order valence-electron chi connectivity index (χ4n) is 3.74. The molecule has 4 aromatic rings. The maximum atomic E-state index is 13.6. The second-order valence-electron chi connectivity index (χ2n) is 7.27. The smallest absolute Gasteiger partial charge is 0.417 e. The number of ether oxygens (including phenoxy) is 2. The van der Waals surface area contributed by atoms with Crippen molar-refractivity contribution in [2.45, 2.75) is 12.4 Å². The van der Waals surface area contributed by atoms with Gasteiger partial charge < -0.3 is 14.5 Å². The number of aromatic amines is 1. The zero-order valence-corrected chi connectivity index (χ0v) is 17.4. The average Bonchev–Trinajstić information content (AvgIpc) is 3.16. The number of hydrogen-bond donors (Lipinski definition) is 1. The molecule has 0 amide bonds. The van der Waals surface area contributed by atoms with E-state index < -0.39 is 23.5 Å². The second kappa shape index (κ2) is 8.06. The number of aromatic nitrogens is 1. The number of hydrogen-bond acceptors (Lipinski definition) is 2. The van der Waals surface area contributed by atoms with Crippen LogP contribution in [-0.2, 0) is 12.4 Å². The molecule has 0 aliphatic heterocycles. The first-order valence-electron chi connectivity index (χ1n) is 9.66. The number of alkyl halides is 6. The van der Waals surface area contributed by atoms with Crippen LogP contribution in [0.3, 0.4) is 0 Å². The van der Waals surface area contributed by atoms with Crippen LogP contribution in [0.4, 0.5) is 26.3 Å². The summed E-state index contributed by atoms with van der Waals surface area (Å²) in [6.07, 6.45) is -10.4. The summed E-state index contributed by atoms with van der Waals surface area (Å²) < 4.78 is 91.6. The van der Waals surface area contributed by atoms with Crippen LogP contribution in [0.5, 0.6) is 11.5 Å². The Bertz CT molecular complexity index is 1290. The number of halogens is 6. The highest BCUT2D eigenvalue weighted by atomic mass is 19.4. The Morgan fingerprint density at radius 3 is 1.55 bits per heavy atom. The summed E-state index contributed by atoms with van der Waals surface area (Å²) >= 11 is 0. The molecule has 172 valence electrons. The largest absolute Gasteiger partial charge is 0.497 e. The highest BCUT2D eigenvalue weighted by Crippen LogP contribution is 2.46. The number of nitrogens with one attached hydrogen (secondary N) is 1. The monoisotopic (exact) mass is 465 g/mol. The molecule has 0 bridgehead atoms. The Morgan fingerprint density at radius 2 is 1.09 bits per heavy atom. The number of rotatable bonds is 4. The van der Waals surface area contributed by atoms with Crippen LogP contribution in [0.15, 0.2) is 60.7 Å². The van der Waals surface area contributed by atoms with Gasteiger partial charge in [0.2, 0.25) is 0 Å². The van der Waals surface area contributed by atoms with E-state index in [1.807, 2.05) is 0 Å². The van der Waals surface area contributed by atoms with Crippen molar-refractivity contribution in [1.82, 2.24) is 4.98 Å². The van der Waals surface area contributed by atoms with E-state index in [0.717, 1.165) is 0 Å². The van der Waals surface area contributed by atoms with Crippen LogP contribution in [-0.4, -0.2) is 19.2 Å². The van der Waals surface area contributed by atoms with Crippen molar-refractivity contribution in [1.29, 1.82) is 0 Å². The Hall–Kier alpha value is -3.62. The number of benzene rings is 3. The van der Waals surface area contributed by atoms with E-state index in [0.29, 0.717) is 46.0 Å². The van der Waals surface area contributed by atoms with Crippen molar-refractivity contribution in [3.05, 3.63) is 71.8 Å². The molecule has 33 heavy (non-hydrogen) atoms. The van der Waals surface area contributed by atoms with Crippen LogP contribution in [0.25, 0.3) is 33.3 Å². The minimum atomic E-state index is -5.19. The van der Waals surface area contributed by atoms with Gasteiger partial charge in [0.1, 0.15) is 11.5 Å². The highest BCUT2D eigenvalue weighted by Gasteiger charge is 2.43. The Kier molecular flexibility index (Phi) is 5.51. The lowest BCUT2D eigenvalue weighted by Crippen LogP contribution is -2.16. The molecule has 3 nitrogen and oxygen atoms in total. The normalized spacial score (nSPS) is 12.2. The highest BCUT2D eigenvalue weighted by molar-refractivity contribution is 6.04. The Labute approximate surface area is 184 Å². The van der Waals surface area contributed by atoms with E-state index in [-0.39, 0.29) is 10.9 Å². The summed E-state index contributed by atoms with van der Waals surface area (Å²) in [7, 11) is 2.95. The van der Waals surface area contributed by atoms with Crippen LogP contribution in [0.1, 0.15) is 11.1 Å². The van der Waals surface area contributed by atoms with Gasteiger partial charge in [-0.1, -0.05) is 12.1 Å². The van der Waals surface area contributed by atoms with Gasteiger partial charge in [0, 0.05) is 16.5 Å². The molecule has 0 saturated carbocycles. The lowest BCUT2D eigenvalue weighted by molar-refractivity contribution is -0.161. The summed E-state index contributed by atoms with van der Waals surface area (Å²) in [5, 5.41) is 0.0197. The molecule has 0 atom stereocenters. The van der Waals surface area contributed by atoms with Crippen LogP contribution >= 0.6 is 0 Å². The number of methoxy groups -OCH3 is 2. The molecule has 0 aliphatic carbocycles. The lowest BCUT2D eigenvalue weighted by Gasteiger charge is -2.16. The standard InChI is InChI=1S/C24H17F6NO2/c1-32-15-7-3-13(4-8-15)21-17-11-18(23(25,26)27)19(24(28,29)30)12-20(17)31-22(21)14-5-9-16(33-2)10-6-14/h3-12,31H,1-2H3. The molecule has 1 aromatic heterocycles. The quantitative estimate of drug-likeness (QED) is 0.316. The van der Waals surface area contributed by atoms with Crippen LogP contribution < -0.4 is 9.47 Å².